The maximum Gasteiger partial charge on any atom is 0.340 e. The molecule has 0 saturated heterocycles. The van der Waals surface area contributed by atoms with Gasteiger partial charge in [0.2, 0.25) is 0 Å². The smallest absolute Gasteiger partial charge is 0.340 e. The number of benzene rings is 1. The topological polar surface area (TPSA) is 80.0 Å². The number of esters is 1. The van der Waals surface area contributed by atoms with Gasteiger partial charge in [-0.15, -0.1) is 0 Å². The van der Waals surface area contributed by atoms with E-state index in [0.717, 1.165) is 6.42 Å². The fourth-order valence-corrected chi connectivity index (χ4v) is 1.67. The summed E-state index contributed by atoms with van der Waals surface area (Å²) >= 11 is 0. The van der Waals surface area contributed by atoms with Crippen LogP contribution in [0.3, 0.4) is 0 Å². The predicted molar refractivity (Wildman–Crippen MR) is 79.6 cm³/mol. The molecule has 118 valence electrons. The van der Waals surface area contributed by atoms with Crippen molar-refractivity contribution in [2.45, 2.75) is 13.3 Å². The van der Waals surface area contributed by atoms with E-state index >= 15 is 0 Å². The van der Waals surface area contributed by atoms with Gasteiger partial charge in [-0.25, -0.2) is 4.79 Å². The van der Waals surface area contributed by atoms with Crippen LogP contribution in [0.2, 0.25) is 0 Å². The summed E-state index contributed by atoms with van der Waals surface area (Å²) in [5.74, 6) is 0.0114. The number of carbonyl (C=O) groups is 1. The van der Waals surface area contributed by atoms with Crippen LogP contribution < -0.4 is 10.5 Å². The van der Waals surface area contributed by atoms with Gasteiger partial charge in [-0.3, -0.25) is 0 Å². The van der Waals surface area contributed by atoms with Crippen molar-refractivity contribution in [3.8, 4) is 5.75 Å². The minimum atomic E-state index is -0.448. The molecule has 0 unspecified atom stereocenters. The zero-order valence-corrected chi connectivity index (χ0v) is 12.6. The monoisotopic (exact) mass is 297 g/mol. The molecule has 0 amide bonds. The van der Waals surface area contributed by atoms with Crippen LogP contribution in [0.5, 0.6) is 5.75 Å². The Balaban J connectivity index is 2.41. The first kappa shape index (κ1) is 17.3. The standard InChI is InChI=1S/C15H23NO5/c1-3-20-15(17)12-6-4-7-13(14(12)16)21-11-10-19-9-5-8-18-2/h4,6-7H,3,5,8-11,16H2,1-2H3. The molecule has 21 heavy (non-hydrogen) atoms. The van der Waals surface area contributed by atoms with Gasteiger partial charge in [-0.2, -0.15) is 0 Å². The second-order valence-corrected chi connectivity index (χ2v) is 4.25. The lowest BCUT2D eigenvalue weighted by atomic mass is 10.1. The number of nitrogen functional groups attached to an aromatic ring is 1. The molecule has 0 aromatic heterocycles. The van der Waals surface area contributed by atoms with E-state index in [4.69, 9.17) is 24.7 Å². The summed E-state index contributed by atoms with van der Waals surface area (Å²) in [6.07, 6.45) is 0.844. The second kappa shape index (κ2) is 10.0. The van der Waals surface area contributed by atoms with Crippen LogP contribution in [0, 0.1) is 0 Å². The van der Waals surface area contributed by atoms with E-state index in [2.05, 4.69) is 0 Å². The number of hydrogen-bond acceptors (Lipinski definition) is 6. The van der Waals surface area contributed by atoms with Gasteiger partial charge < -0.3 is 24.7 Å². The Bertz CT molecular complexity index is 436. The van der Waals surface area contributed by atoms with Gasteiger partial charge in [0.25, 0.3) is 0 Å². The van der Waals surface area contributed by atoms with Crippen LogP contribution in [0.15, 0.2) is 18.2 Å². The maximum atomic E-state index is 11.7. The number of methoxy groups -OCH3 is 1. The summed E-state index contributed by atoms with van der Waals surface area (Å²) in [4.78, 5) is 11.7. The Morgan fingerprint density at radius 3 is 2.71 bits per heavy atom. The molecule has 0 fully saturated rings. The highest BCUT2D eigenvalue weighted by Gasteiger charge is 2.14. The van der Waals surface area contributed by atoms with E-state index in [1.54, 1.807) is 32.2 Å². The zero-order valence-electron chi connectivity index (χ0n) is 12.6. The molecule has 0 aliphatic carbocycles. The Labute approximate surface area is 125 Å². The van der Waals surface area contributed by atoms with Crippen LogP contribution in [0.4, 0.5) is 5.69 Å². The molecule has 0 aliphatic rings. The third-order valence-electron chi connectivity index (χ3n) is 2.68. The van der Waals surface area contributed by atoms with Crippen molar-refractivity contribution in [3.05, 3.63) is 23.8 Å². The largest absolute Gasteiger partial charge is 0.489 e. The van der Waals surface area contributed by atoms with Gasteiger partial charge in [0, 0.05) is 20.3 Å². The van der Waals surface area contributed by atoms with E-state index < -0.39 is 5.97 Å². The van der Waals surface area contributed by atoms with Crippen molar-refractivity contribution in [1.82, 2.24) is 0 Å². The van der Waals surface area contributed by atoms with Crippen molar-refractivity contribution in [2.75, 3.05) is 45.9 Å². The molecular formula is C15H23NO5. The average molecular weight is 297 g/mol. The van der Waals surface area contributed by atoms with E-state index in [-0.39, 0.29) is 5.69 Å². The number of hydrogen-bond donors (Lipinski definition) is 1. The van der Waals surface area contributed by atoms with Crippen LogP contribution in [0.25, 0.3) is 0 Å². The third-order valence-corrected chi connectivity index (χ3v) is 2.68. The first-order chi connectivity index (χ1) is 10.2. The highest BCUT2D eigenvalue weighted by atomic mass is 16.5. The number of ether oxygens (including phenoxy) is 4. The predicted octanol–water partition coefficient (Wildman–Crippen LogP) is 1.88. The Morgan fingerprint density at radius 1 is 1.19 bits per heavy atom. The van der Waals surface area contributed by atoms with Crippen molar-refractivity contribution in [3.63, 3.8) is 0 Å². The lowest BCUT2D eigenvalue weighted by Crippen LogP contribution is -2.12. The van der Waals surface area contributed by atoms with Crippen LogP contribution in [0.1, 0.15) is 23.7 Å². The average Bonchev–Trinajstić information content (AvgIpc) is 2.48. The molecule has 6 nitrogen and oxygen atoms in total. The lowest BCUT2D eigenvalue weighted by molar-refractivity contribution is 0.0527. The van der Waals surface area contributed by atoms with E-state index in [1.165, 1.54) is 0 Å². The minimum absolute atomic E-state index is 0.287. The lowest BCUT2D eigenvalue weighted by Gasteiger charge is -2.12. The highest BCUT2D eigenvalue weighted by molar-refractivity contribution is 5.96. The number of nitrogens with two attached hydrogens (primary N) is 1. The second-order valence-electron chi connectivity index (χ2n) is 4.25. The van der Waals surface area contributed by atoms with Crippen molar-refractivity contribution in [1.29, 1.82) is 0 Å². The molecule has 1 rings (SSSR count). The molecule has 0 saturated carbocycles. The molecule has 6 heteroatoms. The number of carbonyl (C=O) groups excluding carboxylic acids is 1. The summed E-state index contributed by atoms with van der Waals surface area (Å²) in [5, 5.41) is 0. The Kier molecular flexibility index (Phi) is 8.23. The first-order valence-corrected chi connectivity index (χ1v) is 6.95. The summed E-state index contributed by atoms with van der Waals surface area (Å²) in [7, 11) is 1.66. The quantitative estimate of drug-likeness (QED) is 0.403. The van der Waals surface area contributed by atoms with Gasteiger partial charge in [-0.05, 0) is 25.5 Å². The molecule has 0 atom stereocenters. The number of para-hydroxylation sites is 1. The van der Waals surface area contributed by atoms with Gasteiger partial charge in [0.05, 0.1) is 24.5 Å². The van der Waals surface area contributed by atoms with Crippen molar-refractivity contribution >= 4 is 11.7 Å². The van der Waals surface area contributed by atoms with Crippen LogP contribution in [-0.4, -0.2) is 46.1 Å². The van der Waals surface area contributed by atoms with Gasteiger partial charge in [-0.1, -0.05) is 6.07 Å². The molecule has 0 spiro atoms. The molecule has 0 bridgehead atoms. The minimum Gasteiger partial charge on any atom is -0.489 e. The number of rotatable bonds is 10. The third kappa shape index (κ3) is 6.01. The molecule has 1 aromatic rings. The van der Waals surface area contributed by atoms with E-state index in [1.807, 2.05) is 0 Å². The first-order valence-electron chi connectivity index (χ1n) is 6.95. The fraction of sp³-hybridized carbons (Fsp3) is 0.533. The Morgan fingerprint density at radius 2 is 2.00 bits per heavy atom. The van der Waals surface area contributed by atoms with Crippen molar-refractivity contribution < 1.29 is 23.7 Å². The van der Waals surface area contributed by atoms with Gasteiger partial charge in [0.1, 0.15) is 12.4 Å². The van der Waals surface area contributed by atoms with Crippen molar-refractivity contribution in [2.24, 2.45) is 0 Å². The molecule has 0 aliphatic heterocycles. The van der Waals surface area contributed by atoms with E-state index in [0.29, 0.717) is 44.3 Å². The zero-order chi connectivity index (χ0) is 15.5. The molecular weight excluding hydrogens is 274 g/mol. The highest BCUT2D eigenvalue weighted by Crippen LogP contribution is 2.25. The van der Waals surface area contributed by atoms with Crippen LogP contribution in [-0.2, 0) is 14.2 Å². The summed E-state index contributed by atoms with van der Waals surface area (Å²) in [6, 6.07) is 5.03. The normalized spacial score (nSPS) is 10.4. The maximum absolute atomic E-state index is 11.7. The molecule has 0 heterocycles. The molecule has 1 aromatic carbocycles. The fourth-order valence-electron chi connectivity index (χ4n) is 1.67. The van der Waals surface area contributed by atoms with Gasteiger partial charge >= 0.3 is 5.97 Å². The van der Waals surface area contributed by atoms with Crippen LogP contribution >= 0.6 is 0 Å². The van der Waals surface area contributed by atoms with E-state index in [9.17, 15) is 4.79 Å². The summed E-state index contributed by atoms with van der Waals surface area (Å²) < 4.78 is 20.7. The summed E-state index contributed by atoms with van der Waals surface area (Å²) in [6.45, 7) is 4.16. The number of anilines is 1. The summed E-state index contributed by atoms with van der Waals surface area (Å²) in [5.41, 5.74) is 6.51. The van der Waals surface area contributed by atoms with Gasteiger partial charge in [0.15, 0.2) is 0 Å². The molecule has 0 radical (unpaired) electrons. The molecule has 2 N–H and O–H groups in total. The Hall–Kier alpha value is -1.79. The SMILES string of the molecule is CCOC(=O)c1cccc(OCCOCCCOC)c1N.